The van der Waals surface area contributed by atoms with Crippen molar-refractivity contribution in [3.8, 4) is 11.5 Å². The van der Waals surface area contributed by atoms with Crippen molar-refractivity contribution in [2.45, 2.75) is 12.5 Å². The van der Waals surface area contributed by atoms with E-state index in [1.165, 1.54) is 13.2 Å². The summed E-state index contributed by atoms with van der Waals surface area (Å²) in [5, 5.41) is 11.8. The number of aliphatic carboxylic acids is 1. The average Bonchev–Trinajstić information content (AvgIpc) is 2.66. The van der Waals surface area contributed by atoms with Gasteiger partial charge in [-0.05, 0) is 29.3 Å². The molecule has 0 bridgehead atoms. The highest BCUT2D eigenvalue weighted by molar-refractivity contribution is 5.94. The highest BCUT2D eigenvalue weighted by atomic mass is 16.5. The maximum absolute atomic E-state index is 12.1. The molecule has 0 radical (unpaired) electrons. The molecule has 2 aromatic carbocycles. The zero-order valence-corrected chi connectivity index (χ0v) is 14.6. The largest absolute Gasteiger partial charge is 0.493 e. The zero-order chi connectivity index (χ0) is 18.9. The molecule has 1 amide bonds. The number of ether oxygens (including phenoxy) is 2. The van der Waals surface area contributed by atoms with Crippen molar-refractivity contribution >= 4 is 18.0 Å². The number of rotatable bonds is 8. The van der Waals surface area contributed by atoms with Crippen LogP contribution in [0.2, 0.25) is 0 Å². The minimum atomic E-state index is -1.08. The Bertz CT molecular complexity index is 786. The third kappa shape index (κ3) is 5.37. The van der Waals surface area contributed by atoms with Gasteiger partial charge in [0.25, 0.3) is 0 Å². The fraction of sp³-hybridized carbons (Fsp3) is 0.200. The highest BCUT2D eigenvalue weighted by Crippen LogP contribution is 2.27. The lowest BCUT2D eigenvalue weighted by Crippen LogP contribution is -2.41. The minimum absolute atomic E-state index is 0.214. The van der Waals surface area contributed by atoms with Crippen molar-refractivity contribution in [1.82, 2.24) is 5.32 Å². The van der Waals surface area contributed by atoms with Crippen LogP contribution >= 0.6 is 0 Å². The normalized spacial score (nSPS) is 11.8. The van der Waals surface area contributed by atoms with Gasteiger partial charge in [0.1, 0.15) is 6.04 Å². The van der Waals surface area contributed by atoms with Crippen molar-refractivity contribution < 1.29 is 24.2 Å². The Morgan fingerprint density at radius 2 is 1.77 bits per heavy atom. The second-order valence-corrected chi connectivity index (χ2v) is 5.54. The van der Waals surface area contributed by atoms with E-state index in [0.29, 0.717) is 11.5 Å². The predicted molar refractivity (Wildman–Crippen MR) is 98.3 cm³/mol. The smallest absolute Gasteiger partial charge is 0.326 e. The molecule has 2 aromatic rings. The number of carboxylic acid groups (broad SMARTS) is 1. The lowest BCUT2D eigenvalue weighted by molar-refractivity contribution is -0.141. The van der Waals surface area contributed by atoms with E-state index in [0.717, 1.165) is 11.1 Å². The first-order valence-electron chi connectivity index (χ1n) is 8.01. The molecule has 2 N–H and O–H groups in total. The number of amides is 1. The molecule has 0 aliphatic carbocycles. The van der Waals surface area contributed by atoms with E-state index in [2.05, 4.69) is 5.32 Å². The van der Waals surface area contributed by atoms with Crippen LogP contribution < -0.4 is 14.8 Å². The van der Waals surface area contributed by atoms with Crippen LogP contribution in [0.1, 0.15) is 11.1 Å². The molecule has 0 saturated heterocycles. The second-order valence-electron chi connectivity index (χ2n) is 5.54. The summed E-state index contributed by atoms with van der Waals surface area (Å²) in [5.74, 6) is -0.435. The van der Waals surface area contributed by atoms with Gasteiger partial charge in [-0.3, -0.25) is 4.79 Å². The zero-order valence-electron chi connectivity index (χ0n) is 14.6. The van der Waals surface area contributed by atoms with E-state index in [9.17, 15) is 14.7 Å². The fourth-order valence-electron chi connectivity index (χ4n) is 2.40. The Kier molecular flexibility index (Phi) is 6.79. The van der Waals surface area contributed by atoms with Gasteiger partial charge in [-0.1, -0.05) is 36.4 Å². The number of hydrogen-bond acceptors (Lipinski definition) is 4. The summed E-state index contributed by atoms with van der Waals surface area (Å²) in [6, 6.07) is 13.4. The molecule has 6 heteroatoms. The predicted octanol–water partition coefficient (Wildman–Crippen LogP) is 2.53. The number of methoxy groups -OCH3 is 2. The lowest BCUT2D eigenvalue weighted by atomic mass is 10.1. The Labute approximate surface area is 152 Å². The van der Waals surface area contributed by atoms with Gasteiger partial charge in [0.2, 0.25) is 5.91 Å². The first kappa shape index (κ1) is 19.1. The SMILES string of the molecule is COc1ccc(/C=C/C(=O)NC(Cc2ccccc2)C(=O)O)cc1OC. The number of hydrogen-bond donors (Lipinski definition) is 2. The van der Waals surface area contributed by atoms with Crippen molar-refractivity contribution in [3.05, 3.63) is 65.7 Å². The number of carboxylic acids is 1. The standard InChI is InChI=1S/C20H21NO5/c1-25-17-10-8-15(13-18(17)26-2)9-11-19(22)21-16(20(23)24)12-14-6-4-3-5-7-14/h3-11,13,16H,12H2,1-2H3,(H,21,22)(H,23,24)/b11-9+. The Hall–Kier alpha value is -3.28. The minimum Gasteiger partial charge on any atom is -0.493 e. The van der Waals surface area contributed by atoms with Crippen LogP contribution in [0.4, 0.5) is 0 Å². The van der Waals surface area contributed by atoms with Crippen molar-refractivity contribution in [1.29, 1.82) is 0 Å². The number of benzene rings is 2. The topological polar surface area (TPSA) is 84.9 Å². The molecule has 0 aliphatic rings. The van der Waals surface area contributed by atoms with Crippen LogP contribution in [0.15, 0.2) is 54.6 Å². The van der Waals surface area contributed by atoms with Crippen LogP contribution in [-0.4, -0.2) is 37.2 Å². The van der Waals surface area contributed by atoms with E-state index in [-0.39, 0.29) is 6.42 Å². The second kappa shape index (κ2) is 9.27. The Morgan fingerprint density at radius 3 is 2.38 bits per heavy atom. The van der Waals surface area contributed by atoms with Gasteiger partial charge in [0.15, 0.2) is 11.5 Å². The molecule has 1 unspecified atom stereocenters. The maximum Gasteiger partial charge on any atom is 0.326 e. The van der Waals surface area contributed by atoms with Crippen molar-refractivity contribution in [2.24, 2.45) is 0 Å². The molecule has 0 spiro atoms. The summed E-state index contributed by atoms with van der Waals surface area (Å²) in [6.07, 6.45) is 3.09. The third-order valence-corrected chi connectivity index (χ3v) is 3.73. The molecule has 0 aliphatic heterocycles. The van der Waals surface area contributed by atoms with Crippen molar-refractivity contribution in [2.75, 3.05) is 14.2 Å². The Balaban J connectivity index is 2.03. The molecule has 0 saturated carbocycles. The van der Waals surface area contributed by atoms with Crippen LogP contribution in [0.3, 0.4) is 0 Å². The molecule has 2 rings (SSSR count). The van der Waals surface area contributed by atoms with Crippen molar-refractivity contribution in [3.63, 3.8) is 0 Å². The summed E-state index contributed by atoms with van der Waals surface area (Å²) >= 11 is 0. The van der Waals surface area contributed by atoms with Crippen LogP contribution in [0, 0.1) is 0 Å². The van der Waals surface area contributed by atoms with E-state index >= 15 is 0 Å². The van der Waals surface area contributed by atoms with Crippen LogP contribution in [-0.2, 0) is 16.0 Å². The molecule has 136 valence electrons. The maximum atomic E-state index is 12.1. The summed E-state index contributed by atoms with van der Waals surface area (Å²) < 4.78 is 10.4. The van der Waals surface area contributed by atoms with Gasteiger partial charge in [0, 0.05) is 12.5 Å². The van der Waals surface area contributed by atoms with Gasteiger partial charge in [0.05, 0.1) is 14.2 Å². The molecule has 6 nitrogen and oxygen atoms in total. The average molecular weight is 355 g/mol. The molecule has 0 fully saturated rings. The van der Waals surface area contributed by atoms with Gasteiger partial charge >= 0.3 is 5.97 Å². The van der Waals surface area contributed by atoms with E-state index in [1.807, 2.05) is 30.3 Å². The van der Waals surface area contributed by atoms with Crippen LogP contribution in [0.25, 0.3) is 6.08 Å². The summed E-state index contributed by atoms with van der Waals surface area (Å²) in [5.41, 5.74) is 1.57. The summed E-state index contributed by atoms with van der Waals surface area (Å²) in [7, 11) is 3.07. The number of nitrogens with one attached hydrogen (secondary N) is 1. The van der Waals surface area contributed by atoms with Gasteiger partial charge in [-0.2, -0.15) is 0 Å². The third-order valence-electron chi connectivity index (χ3n) is 3.73. The molecule has 0 heterocycles. The molecule has 1 atom stereocenters. The molecular weight excluding hydrogens is 334 g/mol. The first-order chi connectivity index (χ1) is 12.5. The van der Waals surface area contributed by atoms with E-state index < -0.39 is 17.9 Å². The fourth-order valence-corrected chi connectivity index (χ4v) is 2.40. The quantitative estimate of drug-likeness (QED) is 0.711. The molecule has 0 aromatic heterocycles. The monoisotopic (exact) mass is 355 g/mol. The number of carbonyl (C=O) groups is 2. The van der Waals surface area contributed by atoms with Gasteiger partial charge in [-0.25, -0.2) is 4.79 Å². The van der Waals surface area contributed by atoms with Gasteiger partial charge < -0.3 is 19.9 Å². The molecule has 26 heavy (non-hydrogen) atoms. The summed E-state index contributed by atoms with van der Waals surface area (Å²) in [4.78, 5) is 23.5. The van der Waals surface area contributed by atoms with Gasteiger partial charge in [-0.15, -0.1) is 0 Å². The van der Waals surface area contributed by atoms with E-state index in [4.69, 9.17) is 9.47 Å². The highest BCUT2D eigenvalue weighted by Gasteiger charge is 2.19. The van der Waals surface area contributed by atoms with Crippen LogP contribution in [0.5, 0.6) is 11.5 Å². The lowest BCUT2D eigenvalue weighted by Gasteiger charge is -2.13. The summed E-state index contributed by atoms with van der Waals surface area (Å²) in [6.45, 7) is 0. The number of carbonyl (C=O) groups excluding carboxylic acids is 1. The molecular formula is C20H21NO5. The first-order valence-corrected chi connectivity index (χ1v) is 8.01. The van der Waals surface area contributed by atoms with E-state index in [1.54, 1.807) is 31.4 Å². The Morgan fingerprint density at radius 1 is 1.08 bits per heavy atom.